The van der Waals surface area contributed by atoms with Crippen LogP contribution in [0.1, 0.15) is 21.5 Å². The van der Waals surface area contributed by atoms with Gasteiger partial charge in [-0.1, -0.05) is 28.1 Å². The van der Waals surface area contributed by atoms with E-state index in [0.717, 1.165) is 10.0 Å². The highest BCUT2D eigenvalue weighted by Gasteiger charge is 2.09. The van der Waals surface area contributed by atoms with E-state index in [1.165, 1.54) is 13.3 Å². The molecule has 0 aromatic heterocycles. The predicted octanol–water partition coefficient (Wildman–Crippen LogP) is 4.55. The molecular formula is C24H22BrN3O4. The summed E-state index contributed by atoms with van der Waals surface area (Å²) in [6, 6.07) is 19.6. The van der Waals surface area contributed by atoms with Crippen molar-refractivity contribution in [2.75, 3.05) is 19.0 Å². The fourth-order valence-electron chi connectivity index (χ4n) is 2.78. The van der Waals surface area contributed by atoms with E-state index in [4.69, 9.17) is 9.47 Å². The van der Waals surface area contributed by atoms with Gasteiger partial charge in [0.1, 0.15) is 0 Å². The minimum absolute atomic E-state index is 0.166. The van der Waals surface area contributed by atoms with Gasteiger partial charge >= 0.3 is 0 Å². The number of hydrazone groups is 1. The maximum atomic E-state index is 12.2. The minimum atomic E-state index is -0.319. The highest BCUT2D eigenvalue weighted by atomic mass is 79.9. The number of halogens is 1. The number of rotatable bonds is 8. The van der Waals surface area contributed by atoms with Gasteiger partial charge in [0.15, 0.2) is 18.1 Å². The maximum Gasteiger partial charge on any atom is 0.271 e. The topological polar surface area (TPSA) is 89.0 Å². The van der Waals surface area contributed by atoms with Gasteiger partial charge in [0, 0.05) is 15.7 Å². The fourth-order valence-corrected chi connectivity index (χ4v) is 3.04. The van der Waals surface area contributed by atoms with E-state index in [2.05, 4.69) is 31.8 Å². The molecule has 0 unspecified atom stereocenters. The zero-order valence-electron chi connectivity index (χ0n) is 17.6. The Morgan fingerprint density at radius 3 is 2.53 bits per heavy atom. The number of nitrogens with one attached hydrogen (secondary N) is 2. The molecule has 164 valence electrons. The van der Waals surface area contributed by atoms with E-state index in [1.54, 1.807) is 42.5 Å². The molecule has 0 aliphatic heterocycles. The zero-order chi connectivity index (χ0) is 22.9. The van der Waals surface area contributed by atoms with Crippen molar-refractivity contribution >= 4 is 39.6 Å². The minimum Gasteiger partial charge on any atom is -0.493 e. The molecule has 3 aromatic rings. The van der Waals surface area contributed by atoms with Gasteiger partial charge in [-0.05, 0) is 72.6 Å². The molecular weight excluding hydrogens is 474 g/mol. The molecule has 0 atom stereocenters. The summed E-state index contributed by atoms with van der Waals surface area (Å²) >= 11 is 3.33. The van der Waals surface area contributed by atoms with Crippen LogP contribution in [0.3, 0.4) is 0 Å². The number of carbonyl (C=O) groups excluding carboxylic acids is 2. The van der Waals surface area contributed by atoms with Gasteiger partial charge < -0.3 is 14.8 Å². The maximum absolute atomic E-state index is 12.2. The van der Waals surface area contributed by atoms with Crippen molar-refractivity contribution in [1.82, 2.24) is 5.43 Å². The number of nitrogens with zero attached hydrogens (tertiary/aromatic N) is 1. The van der Waals surface area contributed by atoms with E-state index in [-0.39, 0.29) is 18.4 Å². The lowest BCUT2D eigenvalue weighted by molar-refractivity contribution is -0.118. The molecule has 3 aromatic carbocycles. The van der Waals surface area contributed by atoms with Gasteiger partial charge in [-0.2, -0.15) is 5.10 Å². The normalized spacial score (nSPS) is 10.6. The molecule has 0 spiro atoms. The summed E-state index contributed by atoms with van der Waals surface area (Å²) in [6.45, 7) is 1.79. The Labute approximate surface area is 194 Å². The molecule has 0 aliphatic carbocycles. The second-order valence-corrected chi connectivity index (χ2v) is 7.74. The number of aryl methyl sites for hydroxylation is 1. The van der Waals surface area contributed by atoms with Crippen molar-refractivity contribution in [2.24, 2.45) is 5.10 Å². The van der Waals surface area contributed by atoms with Crippen molar-refractivity contribution in [3.63, 3.8) is 0 Å². The van der Waals surface area contributed by atoms with E-state index >= 15 is 0 Å². The molecule has 32 heavy (non-hydrogen) atoms. The monoisotopic (exact) mass is 495 g/mol. The van der Waals surface area contributed by atoms with Gasteiger partial charge in [0.25, 0.3) is 11.8 Å². The van der Waals surface area contributed by atoms with Gasteiger partial charge in [-0.3, -0.25) is 9.59 Å². The number of benzene rings is 3. The summed E-state index contributed by atoms with van der Waals surface area (Å²) in [5.74, 6) is 0.263. The summed E-state index contributed by atoms with van der Waals surface area (Å²) < 4.78 is 11.8. The third-order valence-corrected chi connectivity index (χ3v) is 4.86. The molecule has 0 saturated carbocycles. The Balaban J connectivity index is 1.56. The number of ether oxygens (including phenoxy) is 2. The molecule has 2 amide bonds. The number of carbonyl (C=O) groups is 2. The van der Waals surface area contributed by atoms with Crippen LogP contribution in [0.15, 0.2) is 76.3 Å². The Morgan fingerprint density at radius 2 is 1.81 bits per heavy atom. The second kappa shape index (κ2) is 11.1. The van der Waals surface area contributed by atoms with Crippen LogP contribution in [0, 0.1) is 6.92 Å². The van der Waals surface area contributed by atoms with E-state index < -0.39 is 0 Å². The predicted molar refractivity (Wildman–Crippen MR) is 127 cm³/mol. The van der Waals surface area contributed by atoms with E-state index in [0.29, 0.717) is 28.3 Å². The molecule has 8 heteroatoms. The third kappa shape index (κ3) is 6.68. The first kappa shape index (κ1) is 23.0. The molecule has 0 heterocycles. The number of amides is 2. The summed E-state index contributed by atoms with van der Waals surface area (Å²) in [5.41, 5.74) is 5.42. The number of hydrogen-bond donors (Lipinski definition) is 2. The lowest BCUT2D eigenvalue weighted by Gasteiger charge is -2.11. The second-order valence-electron chi connectivity index (χ2n) is 6.82. The van der Waals surface area contributed by atoms with E-state index in [1.807, 2.05) is 31.2 Å². The number of hydrogen-bond acceptors (Lipinski definition) is 5. The number of methoxy groups -OCH3 is 1. The SMILES string of the molecule is COc1cc(/C=N\NC(=O)c2ccc(Br)cc2)ccc1OCC(=O)Nc1cccc(C)c1. The Kier molecular flexibility index (Phi) is 7.99. The van der Waals surface area contributed by atoms with Gasteiger partial charge in [-0.25, -0.2) is 5.43 Å². The summed E-state index contributed by atoms with van der Waals surface area (Å²) in [5, 5.41) is 6.76. The Morgan fingerprint density at radius 1 is 1.03 bits per heavy atom. The lowest BCUT2D eigenvalue weighted by atomic mass is 10.2. The summed E-state index contributed by atoms with van der Waals surface area (Å²) in [6.07, 6.45) is 1.49. The van der Waals surface area contributed by atoms with Crippen LogP contribution in [-0.4, -0.2) is 31.7 Å². The molecule has 0 radical (unpaired) electrons. The van der Waals surface area contributed by atoms with Crippen LogP contribution >= 0.6 is 15.9 Å². The fraction of sp³-hybridized carbons (Fsp3) is 0.125. The molecule has 0 fully saturated rings. The van der Waals surface area contributed by atoms with Gasteiger partial charge in [-0.15, -0.1) is 0 Å². The smallest absolute Gasteiger partial charge is 0.271 e. The highest BCUT2D eigenvalue weighted by Crippen LogP contribution is 2.27. The quantitative estimate of drug-likeness (QED) is 0.354. The first-order valence-electron chi connectivity index (χ1n) is 9.71. The van der Waals surface area contributed by atoms with Gasteiger partial charge in [0.05, 0.1) is 13.3 Å². The molecule has 0 bridgehead atoms. The van der Waals surface area contributed by atoms with Crippen molar-refractivity contribution in [3.8, 4) is 11.5 Å². The lowest BCUT2D eigenvalue weighted by Crippen LogP contribution is -2.20. The van der Waals surface area contributed by atoms with Crippen LogP contribution in [0.2, 0.25) is 0 Å². The van der Waals surface area contributed by atoms with Crippen molar-refractivity contribution in [3.05, 3.63) is 87.9 Å². The van der Waals surface area contributed by atoms with E-state index in [9.17, 15) is 9.59 Å². The first-order valence-corrected chi connectivity index (χ1v) is 10.5. The highest BCUT2D eigenvalue weighted by molar-refractivity contribution is 9.10. The van der Waals surface area contributed by atoms with Crippen LogP contribution < -0.4 is 20.2 Å². The van der Waals surface area contributed by atoms with Crippen LogP contribution in [0.25, 0.3) is 0 Å². The van der Waals surface area contributed by atoms with Crippen molar-refractivity contribution in [1.29, 1.82) is 0 Å². The molecule has 0 saturated heterocycles. The Hall–Kier alpha value is -3.65. The molecule has 7 nitrogen and oxygen atoms in total. The van der Waals surface area contributed by atoms with Crippen LogP contribution in [0.5, 0.6) is 11.5 Å². The summed E-state index contributed by atoms with van der Waals surface area (Å²) in [4.78, 5) is 24.3. The molecule has 2 N–H and O–H groups in total. The average Bonchev–Trinajstić information content (AvgIpc) is 2.78. The van der Waals surface area contributed by atoms with Crippen molar-refractivity contribution < 1.29 is 19.1 Å². The zero-order valence-corrected chi connectivity index (χ0v) is 19.2. The van der Waals surface area contributed by atoms with Crippen LogP contribution in [0.4, 0.5) is 5.69 Å². The largest absolute Gasteiger partial charge is 0.493 e. The third-order valence-electron chi connectivity index (χ3n) is 4.33. The molecule has 0 aliphatic rings. The molecule has 3 rings (SSSR count). The Bertz CT molecular complexity index is 1130. The first-order chi connectivity index (χ1) is 15.4. The van der Waals surface area contributed by atoms with Gasteiger partial charge in [0.2, 0.25) is 0 Å². The average molecular weight is 496 g/mol. The van der Waals surface area contributed by atoms with Crippen molar-refractivity contribution in [2.45, 2.75) is 6.92 Å². The van der Waals surface area contributed by atoms with Crippen LogP contribution in [-0.2, 0) is 4.79 Å². The standard InChI is InChI=1S/C24H22BrN3O4/c1-16-4-3-5-20(12-16)27-23(29)15-32-21-11-6-17(13-22(21)31-2)14-26-28-24(30)18-7-9-19(25)10-8-18/h3-14H,15H2,1-2H3,(H,27,29)(H,28,30)/b26-14-. The number of anilines is 1. The summed E-state index contributed by atoms with van der Waals surface area (Å²) in [7, 11) is 1.51.